The van der Waals surface area contributed by atoms with Crippen LogP contribution in [0.4, 0.5) is 10.5 Å². The van der Waals surface area contributed by atoms with Crippen LogP contribution in [-0.2, 0) is 9.47 Å². The van der Waals surface area contributed by atoms with Crippen LogP contribution in [0.3, 0.4) is 0 Å². The molecule has 1 N–H and O–H groups in total. The molecule has 2 amide bonds. The van der Waals surface area contributed by atoms with Crippen LogP contribution in [0.1, 0.15) is 18.4 Å². The molecule has 1 aliphatic heterocycles. The van der Waals surface area contributed by atoms with Crippen molar-refractivity contribution in [3.63, 3.8) is 0 Å². The predicted octanol–water partition coefficient (Wildman–Crippen LogP) is 4.32. The van der Waals surface area contributed by atoms with E-state index in [4.69, 9.17) is 9.47 Å². The minimum atomic E-state index is -0.122. The zero-order chi connectivity index (χ0) is 19.1. The third-order valence-corrected chi connectivity index (χ3v) is 4.80. The fraction of sp³-hybridized carbons (Fsp3) is 0.409. The maximum absolute atomic E-state index is 12.8. The van der Waals surface area contributed by atoms with Gasteiger partial charge in [-0.15, -0.1) is 0 Å². The molecule has 1 aliphatic rings. The van der Waals surface area contributed by atoms with Crippen LogP contribution in [0, 0.1) is 6.92 Å². The van der Waals surface area contributed by atoms with Gasteiger partial charge >= 0.3 is 6.03 Å². The van der Waals surface area contributed by atoms with Gasteiger partial charge in [0.25, 0.3) is 0 Å². The van der Waals surface area contributed by atoms with Crippen LogP contribution in [0.5, 0.6) is 0 Å². The quantitative estimate of drug-likeness (QED) is 0.792. The highest BCUT2D eigenvalue weighted by Gasteiger charge is 2.22. The molecule has 1 saturated heterocycles. The van der Waals surface area contributed by atoms with Gasteiger partial charge in [-0.1, -0.05) is 42.0 Å². The second kappa shape index (κ2) is 9.53. The number of methoxy groups -OCH3 is 1. The second-order valence-corrected chi connectivity index (χ2v) is 6.95. The van der Waals surface area contributed by atoms with Crippen molar-refractivity contribution in [2.45, 2.75) is 25.9 Å². The van der Waals surface area contributed by atoms with Gasteiger partial charge in [0, 0.05) is 32.5 Å². The largest absolute Gasteiger partial charge is 0.383 e. The van der Waals surface area contributed by atoms with Crippen LogP contribution in [-0.4, -0.2) is 50.4 Å². The maximum atomic E-state index is 12.8. The predicted molar refractivity (Wildman–Crippen MR) is 108 cm³/mol. The molecule has 5 nitrogen and oxygen atoms in total. The summed E-state index contributed by atoms with van der Waals surface area (Å²) in [4.78, 5) is 14.6. The van der Waals surface area contributed by atoms with Gasteiger partial charge in [0.2, 0.25) is 0 Å². The van der Waals surface area contributed by atoms with Crippen LogP contribution < -0.4 is 5.32 Å². The van der Waals surface area contributed by atoms with E-state index >= 15 is 0 Å². The van der Waals surface area contributed by atoms with Crippen LogP contribution in [0.15, 0.2) is 48.5 Å². The molecule has 3 rings (SSSR count). The van der Waals surface area contributed by atoms with E-state index < -0.39 is 0 Å². The average molecular weight is 368 g/mol. The Bertz CT molecular complexity index is 739. The topological polar surface area (TPSA) is 50.8 Å². The van der Waals surface area contributed by atoms with Crippen molar-refractivity contribution in [2.24, 2.45) is 0 Å². The molecule has 144 valence electrons. The van der Waals surface area contributed by atoms with Gasteiger partial charge < -0.3 is 19.7 Å². The van der Waals surface area contributed by atoms with Crippen molar-refractivity contribution in [2.75, 3.05) is 38.7 Å². The fourth-order valence-corrected chi connectivity index (χ4v) is 3.24. The van der Waals surface area contributed by atoms with Gasteiger partial charge in [-0.2, -0.15) is 0 Å². The molecular weight excluding hydrogens is 340 g/mol. The number of aryl methyl sites for hydroxylation is 1. The van der Waals surface area contributed by atoms with Gasteiger partial charge in [-0.05, 0) is 43.0 Å². The lowest BCUT2D eigenvalue weighted by Gasteiger charge is -2.25. The van der Waals surface area contributed by atoms with Crippen molar-refractivity contribution in [3.05, 3.63) is 54.1 Å². The molecule has 0 radical (unpaired) electrons. The Kier molecular flexibility index (Phi) is 6.85. The summed E-state index contributed by atoms with van der Waals surface area (Å²) in [7, 11) is 1.65. The summed E-state index contributed by atoms with van der Waals surface area (Å²) in [5, 5.41) is 3.02. The van der Waals surface area contributed by atoms with Gasteiger partial charge in [0.1, 0.15) is 0 Å². The first-order chi connectivity index (χ1) is 13.2. The van der Waals surface area contributed by atoms with Crippen molar-refractivity contribution in [1.82, 2.24) is 4.90 Å². The summed E-state index contributed by atoms with van der Waals surface area (Å²) in [6.45, 7) is 4.49. The number of nitrogens with zero attached hydrogens (tertiary/aromatic N) is 1. The summed E-state index contributed by atoms with van der Waals surface area (Å²) in [5.41, 5.74) is 4.22. The first-order valence-corrected chi connectivity index (χ1v) is 9.49. The molecule has 0 aliphatic carbocycles. The summed E-state index contributed by atoms with van der Waals surface area (Å²) >= 11 is 0. The molecule has 27 heavy (non-hydrogen) atoms. The molecule has 0 aromatic heterocycles. The molecule has 1 fully saturated rings. The van der Waals surface area contributed by atoms with Crippen LogP contribution in [0.25, 0.3) is 11.1 Å². The van der Waals surface area contributed by atoms with E-state index in [0.29, 0.717) is 19.7 Å². The molecule has 0 unspecified atom stereocenters. The molecule has 2 aromatic rings. The summed E-state index contributed by atoms with van der Waals surface area (Å²) in [5.74, 6) is 0. The zero-order valence-corrected chi connectivity index (χ0v) is 16.1. The lowest BCUT2D eigenvalue weighted by Crippen LogP contribution is -2.42. The highest BCUT2D eigenvalue weighted by atomic mass is 16.5. The van der Waals surface area contributed by atoms with E-state index in [9.17, 15) is 4.79 Å². The number of carbonyl (C=O) groups excluding carboxylic acids is 1. The van der Waals surface area contributed by atoms with Crippen LogP contribution >= 0.6 is 0 Å². The van der Waals surface area contributed by atoms with Gasteiger partial charge in [0.15, 0.2) is 0 Å². The van der Waals surface area contributed by atoms with Gasteiger partial charge in [0.05, 0.1) is 12.7 Å². The van der Waals surface area contributed by atoms with Gasteiger partial charge in [-0.25, -0.2) is 4.79 Å². The summed E-state index contributed by atoms with van der Waals surface area (Å²) in [6.07, 6.45) is 2.18. The highest BCUT2D eigenvalue weighted by molar-refractivity contribution is 5.90. The number of carbonyl (C=O) groups is 1. The average Bonchev–Trinajstić information content (AvgIpc) is 3.19. The third kappa shape index (κ3) is 5.55. The minimum Gasteiger partial charge on any atom is -0.383 e. The Morgan fingerprint density at radius 3 is 2.74 bits per heavy atom. The number of rotatable bonds is 7. The molecule has 0 saturated carbocycles. The second-order valence-electron chi connectivity index (χ2n) is 6.95. The van der Waals surface area contributed by atoms with E-state index in [1.807, 2.05) is 18.2 Å². The number of nitrogens with one attached hydrogen (secondary N) is 1. The zero-order valence-electron chi connectivity index (χ0n) is 16.1. The third-order valence-electron chi connectivity index (χ3n) is 4.80. The Morgan fingerprint density at radius 1 is 1.22 bits per heavy atom. The van der Waals surface area contributed by atoms with Crippen molar-refractivity contribution < 1.29 is 14.3 Å². The maximum Gasteiger partial charge on any atom is 0.322 e. The smallest absolute Gasteiger partial charge is 0.322 e. The van der Waals surface area contributed by atoms with Crippen molar-refractivity contribution in [1.29, 1.82) is 0 Å². The molecule has 2 aromatic carbocycles. The fourth-order valence-electron chi connectivity index (χ4n) is 3.24. The lowest BCUT2D eigenvalue weighted by atomic mass is 10.0. The first kappa shape index (κ1) is 19.4. The standard InChI is InChI=1S/C22H28N2O3/c1-17-8-10-18(11-9-17)19-5-3-6-20(15-19)23-22(25)24(12-14-26-2)16-21-7-4-13-27-21/h3,5-6,8-11,15,21H,4,7,12-14,16H2,1-2H3,(H,23,25)/t21-/m0/s1. The molecular formula is C22H28N2O3. The van der Waals surface area contributed by atoms with Gasteiger partial charge in [-0.3, -0.25) is 0 Å². The number of amides is 2. The number of ether oxygens (including phenoxy) is 2. The number of hydrogen-bond donors (Lipinski definition) is 1. The summed E-state index contributed by atoms with van der Waals surface area (Å²) in [6, 6.07) is 16.2. The normalized spacial score (nSPS) is 16.3. The lowest BCUT2D eigenvalue weighted by molar-refractivity contribution is 0.0747. The SMILES string of the molecule is COCCN(C[C@@H]1CCCO1)C(=O)Nc1cccc(-c2ccc(C)cc2)c1. The van der Waals surface area contributed by atoms with E-state index in [-0.39, 0.29) is 12.1 Å². The van der Waals surface area contributed by atoms with E-state index in [2.05, 4.69) is 42.6 Å². The molecule has 0 spiro atoms. The number of hydrogen-bond acceptors (Lipinski definition) is 3. The van der Waals surface area contributed by atoms with Crippen molar-refractivity contribution >= 4 is 11.7 Å². The van der Waals surface area contributed by atoms with E-state index in [1.54, 1.807) is 12.0 Å². The highest BCUT2D eigenvalue weighted by Crippen LogP contribution is 2.23. The monoisotopic (exact) mass is 368 g/mol. The number of urea groups is 1. The Balaban J connectivity index is 1.68. The Morgan fingerprint density at radius 2 is 2.04 bits per heavy atom. The molecule has 5 heteroatoms. The number of benzene rings is 2. The number of anilines is 1. The Labute approximate surface area is 161 Å². The Hall–Kier alpha value is -2.37. The minimum absolute atomic E-state index is 0.117. The first-order valence-electron chi connectivity index (χ1n) is 9.49. The van der Waals surface area contributed by atoms with E-state index in [0.717, 1.165) is 36.3 Å². The molecule has 1 heterocycles. The summed E-state index contributed by atoms with van der Waals surface area (Å²) < 4.78 is 10.8. The van der Waals surface area contributed by atoms with Crippen LogP contribution in [0.2, 0.25) is 0 Å². The van der Waals surface area contributed by atoms with Crippen molar-refractivity contribution in [3.8, 4) is 11.1 Å². The molecule has 0 bridgehead atoms. The van der Waals surface area contributed by atoms with E-state index in [1.165, 1.54) is 5.56 Å². The molecule has 1 atom stereocenters.